The molecule has 0 aliphatic rings. The zero-order valence-corrected chi connectivity index (χ0v) is 10.3. The second-order valence-electron chi connectivity index (χ2n) is 3.39. The standard InChI is InChI=1S/C13H9ClO2S/c14-13-8-6-11(17-13)5-7-12(16)9-1-3-10(15)4-2-9/h1-8,15H/b7-5+. The van der Waals surface area contributed by atoms with Crippen LogP contribution in [0.5, 0.6) is 5.75 Å². The van der Waals surface area contributed by atoms with Crippen LogP contribution in [-0.4, -0.2) is 10.9 Å². The quantitative estimate of drug-likeness (QED) is 0.672. The fraction of sp³-hybridized carbons (Fsp3) is 0. The van der Waals surface area contributed by atoms with E-state index in [1.165, 1.54) is 29.5 Å². The van der Waals surface area contributed by atoms with Crippen LogP contribution in [0.15, 0.2) is 42.5 Å². The highest BCUT2D eigenvalue weighted by molar-refractivity contribution is 7.17. The van der Waals surface area contributed by atoms with Crippen LogP contribution in [0, 0.1) is 0 Å². The summed E-state index contributed by atoms with van der Waals surface area (Å²) in [5, 5.41) is 9.11. The average Bonchev–Trinajstić information content (AvgIpc) is 2.73. The van der Waals surface area contributed by atoms with Crippen molar-refractivity contribution in [1.29, 1.82) is 0 Å². The Kier molecular flexibility index (Phi) is 3.61. The number of carbonyl (C=O) groups is 1. The number of phenols is 1. The lowest BCUT2D eigenvalue weighted by molar-refractivity contribution is 0.104. The third-order valence-electron chi connectivity index (χ3n) is 2.14. The first-order chi connectivity index (χ1) is 8.15. The number of halogens is 1. The molecule has 0 saturated carbocycles. The van der Waals surface area contributed by atoms with Crippen molar-refractivity contribution >= 4 is 34.8 Å². The molecular weight excluding hydrogens is 256 g/mol. The molecule has 1 N–H and O–H groups in total. The molecule has 1 heterocycles. The van der Waals surface area contributed by atoms with Crippen LogP contribution in [0.2, 0.25) is 4.34 Å². The van der Waals surface area contributed by atoms with E-state index in [0.29, 0.717) is 9.90 Å². The van der Waals surface area contributed by atoms with Crippen LogP contribution in [0.25, 0.3) is 6.08 Å². The Morgan fingerprint density at radius 1 is 1.18 bits per heavy atom. The van der Waals surface area contributed by atoms with E-state index < -0.39 is 0 Å². The first-order valence-corrected chi connectivity index (χ1v) is 6.11. The van der Waals surface area contributed by atoms with Gasteiger partial charge >= 0.3 is 0 Å². The van der Waals surface area contributed by atoms with E-state index >= 15 is 0 Å². The highest BCUT2D eigenvalue weighted by atomic mass is 35.5. The molecule has 86 valence electrons. The van der Waals surface area contributed by atoms with Crippen molar-refractivity contribution in [2.24, 2.45) is 0 Å². The number of thiophene rings is 1. The Morgan fingerprint density at radius 3 is 2.47 bits per heavy atom. The molecule has 0 atom stereocenters. The minimum absolute atomic E-state index is 0.102. The number of ketones is 1. The Bertz CT molecular complexity index is 555. The van der Waals surface area contributed by atoms with E-state index in [-0.39, 0.29) is 11.5 Å². The molecule has 17 heavy (non-hydrogen) atoms. The van der Waals surface area contributed by atoms with Gasteiger partial charge < -0.3 is 5.11 Å². The van der Waals surface area contributed by atoms with E-state index in [4.69, 9.17) is 16.7 Å². The summed E-state index contributed by atoms with van der Waals surface area (Å²) in [6.45, 7) is 0. The molecular formula is C13H9ClO2S. The fourth-order valence-electron chi connectivity index (χ4n) is 1.30. The molecule has 0 aliphatic carbocycles. The van der Waals surface area contributed by atoms with Crippen molar-refractivity contribution in [2.75, 3.05) is 0 Å². The van der Waals surface area contributed by atoms with Gasteiger partial charge in [0.2, 0.25) is 0 Å². The predicted molar refractivity (Wildman–Crippen MR) is 70.8 cm³/mol. The maximum Gasteiger partial charge on any atom is 0.185 e. The SMILES string of the molecule is O=C(/C=C/c1ccc(Cl)s1)c1ccc(O)cc1. The van der Waals surface area contributed by atoms with Crippen molar-refractivity contribution in [3.05, 3.63) is 57.3 Å². The number of allylic oxidation sites excluding steroid dienone is 1. The first kappa shape index (κ1) is 11.9. The van der Waals surface area contributed by atoms with Gasteiger partial charge in [-0.15, -0.1) is 11.3 Å². The number of rotatable bonds is 3. The zero-order valence-electron chi connectivity index (χ0n) is 8.76. The molecule has 0 spiro atoms. The van der Waals surface area contributed by atoms with Gasteiger partial charge in [-0.2, -0.15) is 0 Å². The largest absolute Gasteiger partial charge is 0.508 e. The number of benzene rings is 1. The fourth-order valence-corrected chi connectivity index (χ4v) is 2.26. The predicted octanol–water partition coefficient (Wildman–Crippen LogP) is 4.00. The highest BCUT2D eigenvalue weighted by Gasteiger charge is 2.01. The van der Waals surface area contributed by atoms with Gasteiger partial charge in [0.1, 0.15) is 5.75 Å². The van der Waals surface area contributed by atoms with Gasteiger partial charge in [-0.1, -0.05) is 11.6 Å². The average molecular weight is 265 g/mol. The lowest BCUT2D eigenvalue weighted by Gasteiger charge is -1.95. The van der Waals surface area contributed by atoms with Gasteiger partial charge in [-0.05, 0) is 48.6 Å². The summed E-state index contributed by atoms with van der Waals surface area (Å²) in [5.41, 5.74) is 0.543. The molecule has 0 bridgehead atoms. The van der Waals surface area contributed by atoms with Crippen LogP contribution in [0.3, 0.4) is 0 Å². The Morgan fingerprint density at radius 2 is 1.88 bits per heavy atom. The zero-order chi connectivity index (χ0) is 12.3. The Labute approximate surface area is 108 Å². The van der Waals surface area contributed by atoms with Crippen LogP contribution in [0.1, 0.15) is 15.2 Å². The van der Waals surface area contributed by atoms with E-state index in [2.05, 4.69) is 0 Å². The molecule has 0 amide bonds. The molecule has 0 aliphatic heterocycles. The molecule has 0 unspecified atom stereocenters. The molecule has 0 radical (unpaired) electrons. The summed E-state index contributed by atoms with van der Waals surface area (Å²) in [4.78, 5) is 12.7. The van der Waals surface area contributed by atoms with E-state index in [1.807, 2.05) is 6.07 Å². The maximum atomic E-state index is 11.7. The second kappa shape index (κ2) is 5.17. The van der Waals surface area contributed by atoms with Crippen molar-refractivity contribution in [3.8, 4) is 5.75 Å². The van der Waals surface area contributed by atoms with Crippen LogP contribution in [-0.2, 0) is 0 Å². The molecule has 2 rings (SSSR count). The maximum absolute atomic E-state index is 11.7. The van der Waals surface area contributed by atoms with Gasteiger partial charge in [-0.3, -0.25) is 4.79 Å². The third kappa shape index (κ3) is 3.19. The molecule has 1 aromatic heterocycles. The number of aromatic hydroxyl groups is 1. The normalized spacial score (nSPS) is 10.9. The summed E-state index contributed by atoms with van der Waals surface area (Å²) in [6, 6.07) is 9.80. The number of phenolic OH excluding ortho intramolecular Hbond substituents is 1. The molecule has 2 nitrogen and oxygen atoms in total. The Balaban J connectivity index is 2.11. The lowest BCUT2D eigenvalue weighted by atomic mass is 10.1. The topological polar surface area (TPSA) is 37.3 Å². The van der Waals surface area contributed by atoms with Gasteiger partial charge in [0, 0.05) is 10.4 Å². The van der Waals surface area contributed by atoms with Crippen molar-refractivity contribution < 1.29 is 9.90 Å². The molecule has 0 saturated heterocycles. The summed E-state index contributed by atoms with van der Waals surface area (Å²) in [7, 11) is 0. The van der Waals surface area contributed by atoms with Crippen LogP contribution in [0.4, 0.5) is 0 Å². The summed E-state index contributed by atoms with van der Waals surface area (Å²) in [5.74, 6) is 0.0464. The number of carbonyl (C=O) groups excluding carboxylic acids is 1. The minimum Gasteiger partial charge on any atom is -0.508 e. The van der Waals surface area contributed by atoms with Crippen molar-refractivity contribution in [2.45, 2.75) is 0 Å². The Hall–Kier alpha value is -1.58. The first-order valence-electron chi connectivity index (χ1n) is 4.92. The van der Waals surface area contributed by atoms with Crippen molar-refractivity contribution in [3.63, 3.8) is 0 Å². The lowest BCUT2D eigenvalue weighted by Crippen LogP contribution is -1.92. The third-order valence-corrected chi connectivity index (χ3v) is 3.34. The molecule has 4 heteroatoms. The van der Waals surface area contributed by atoms with E-state index in [9.17, 15) is 4.79 Å². The van der Waals surface area contributed by atoms with Crippen molar-refractivity contribution in [1.82, 2.24) is 0 Å². The minimum atomic E-state index is -0.102. The monoisotopic (exact) mass is 264 g/mol. The summed E-state index contributed by atoms with van der Waals surface area (Å²) >= 11 is 7.20. The smallest absolute Gasteiger partial charge is 0.185 e. The highest BCUT2D eigenvalue weighted by Crippen LogP contribution is 2.22. The second-order valence-corrected chi connectivity index (χ2v) is 5.13. The summed E-state index contributed by atoms with van der Waals surface area (Å²) in [6.07, 6.45) is 3.22. The van der Waals surface area contributed by atoms with E-state index in [0.717, 1.165) is 4.88 Å². The van der Waals surface area contributed by atoms with Gasteiger partial charge in [0.15, 0.2) is 5.78 Å². The van der Waals surface area contributed by atoms with Crippen LogP contribution >= 0.6 is 22.9 Å². The number of hydrogen-bond donors (Lipinski definition) is 1. The number of hydrogen-bond acceptors (Lipinski definition) is 3. The van der Waals surface area contributed by atoms with Gasteiger partial charge in [0.05, 0.1) is 4.34 Å². The summed E-state index contributed by atoms with van der Waals surface area (Å²) < 4.78 is 0.696. The molecule has 0 fully saturated rings. The van der Waals surface area contributed by atoms with Gasteiger partial charge in [0.25, 0.3) is 0 Å². The van der Waals surface area contributed by atoms with Crippen LogP contribution < -0.4 is 0 Å². The molecule has 1 aromatic carbocycles. The molecule has 2 aromatic rings. The van der Waals surface area contributed by atoms with Gasteiger partial charge in [-0.25, -0.2) is 0 Å². The van der Waals surface area contributed by atoms with E-state index in [1.54, 1.807) is 24.3 Å².